The molecule has 0 radical (unpaired) electrons. The van der Waals surface area contributed by atoms with Crippen molar-refractivity contribution < 1.29 is 4.74 Å². The van der Waals surface area contributed by atoms with Crippen molar-refractivity contribution in [2.45, 2.75) is 20.8 Å². The number of allylic oxidation sites excluding steroid dienone is 5. The number of pyridine rings is 1. The molecule has 0 unspecified atom stereocenters. The first-order valence-electron chi connectivity index (χ1n) is 7.54. The molecular formula is C20H21NO. The van der Waals surface area contributed by atoms with Crippen LogP contribution in [-0.2, 0) is 0 Å². The second-order valence-corrected chi connectivity index (χ2v) is 4.68. The molecule has 2 aromatic rings. The molecule has 1 heterocycles. The van der Waals surface area contributed by atoms with E-state index in [9.17, 15) is 0 Å². The van der Waals surface area contributed by atoms with Crippen molar-refractivity contribution >= 4 is 16.5 Å². The van der Waals surface area contributed by atoms with Crippen LogP contribution in [0.3, 0.4) is 0 Å². The molecule has 2 nitrogen and oxygen atoms in total. The fraction of sp³-hybridized carbons (Fsp3) is 0.200. The Morgan fingerprint density at radius 2 is 1.86 bits per heavy atom. The number of aromatic nitrogens is 1. The monoisotopic (exact) mass is 291 g/mol. The van der Waals surface area contributed by atoms with E-state index in [1.54, 1.807) is 7.11 Å². The summed E-state index contributed by atoms with van der Waals surface area (Å²) in [5.41, 5.74) is 7.31. The number of ether oxygens (including phenoxy) is 1. The van der Waals surface area contributed by atoms with Crippen molar-refractivity contribution in [3.05, 3.63) is 71.6 Å². The minimum Gasteiger partial charge on any atom is -0.497 e. The van der Waals surface area contributed by atoms with Gasteiger partial charge in [-0.05, 0) is 42.8 Å². The largest absolute Gasteiger partial charge is 0.497 e. The van der Waals surface area contributed by atoms with E-state index >= 15 is 0 Å². The average Bonchev–Trinajstić information content (AvgIpc) is 2.85. The van der Waals surface area contributed by atoms with E-state index in [0.717, 1.165) is 27.9 Å². The molecule has 112 valence electrons. The summed E-state index contributed by atoms with van der Waals surface area (Å²) in [5, 5.41) is 1.15. The topological polar surface area (TPSA) is 22.1 Å². The summed E-state index contributed by atoms with van der Waals surface area (Å²) in [6.07, 6.45) is 9.87. The van der Waals surface area contributed by atoms with Crippen molar-refractivity contribution in [3.63, 3.8) is 0 Å². The number of aryl methyl sites for hydroxylation is 1. The lowest BCUT2D eigenvalue weighted by atomic mass is 10.1. The van der Waals surface area contributed by atoms with Crippen LogP contribution in [0.15, 0.2) is 60.4 Å². The van der Waals surface area contributed by atoms with Gasteiger partial charge >= 0.3 is 0 Å². The van der Waals surface area contributed by atoms with Gasteiger partial charge in [0, 0.05) is 17.0 Å². The summed E-state index contributed by atoms with van der Waals surface area (Å²) >= 11 is 0. The van der Waals surface area contributed by atoms with Crippen LogP contribution in [-0.4, -0.2) is 12.1 Å². The summed E-state index contributed by atoms with van der Waals surface area (Å²) in [5.74, 6) is 0.823. The normalized spacial score (nSPS) is 12.5. The van der Waals surface area contributed by atoms with E-state index < -0.39 is 0 Å². The van der Waals surface area contributed by atoms with Crippen molar-refractivity contribution in [1.82, 2.24) is 4.98 Å². The molecular weight excluding hydrogens is 270 g/mol. The first kappa shape index (κ1) is 15.8. The minimum atomic E-state index is 0.823. The Bertz CT molecular complexity index is 791. The predicted molar refractivity (Wildman–Crippen MR) is 94.2 cm³/mol. The molecule has 0 saturated carbocycles. The minimum absolute atomic E-state index is 0.823. The summed E-state index contributed by atoms with van der Waals surface area (Å²) < 4.78 is 5.27. The Labute approximate surface area is 132 Å². The van der Waals surface area contributed by atoms with Crippen LogP contribution in [0, 0.1) is 6.92 Å². The summed E-state index contributed by atoms with van der Waals surface area (Å²) in [4.78, 5) is 4.73. The standard InChI is InChI=1S/C18H15NO.C2H6/c1-13-11-17(14-7-5-3-4-6-8-14)19-18-12-15(20-2)9-10-16(13)18;1-2/h3-7,9-12H,1-2H3;1-2H3. The number of methoxy groups -OCH3 is 1. The molecule has 0 bridgehead atoms. The van der Waals surface area contributed by atoms with Crippen molar-refractivity contribution in [2.75, 3.05) is 7.11 Å². The lowest BCUT2D eigenvalue weighted by molar-refractivity contribution is 0.415. The maximum absolute atomic E-state index is 5.27. The third-order valence-electron chi connectivity index (χ3n) is 3.32. The average molecular weight is 291 g/mol. The SMILES string of the molecule is CC.COc1ccc2c(C)cc(C3=C=CC=CC=C3)nc2c1. The van der Waals surface area contributed by atoms with Crippen LogP contribution in [0.1, 0.15) is 25.1 Å². The van der Waals surface area contributed by atoms with Gasteiger partial charge in [-0.1, -0.05) is 32.1 Å². The fourth-order valence-corrected chi connectivity index (χ4v) is 2.26. The smallest absolute Gasteiger partial charge is 0.121 e. The molecule has 1 aliphatic carbocycles. The van der Waals surface area contributed by atoms with E-state index in [0.29, 0.717) is 0 Å². The van der Waals surface area contributed by atoms with Crippen molar-refractivity contribution in [1.29, 1.82) is 0 Å². The van der Waals surface area contributed by atoms with Gasteiger partial charge in [0.2, 0.25) is 0 Å². The van der Waals surface area contributed by atoms with E-state index in [1.807, 2.05) is 56.4 Å². The lowest BCUT2D eigenvalue weighted by Crippen LogP contribution is -1.92. The molecule has 0 aliphatic heterocycles. The van der Waals surface area contributed by atoms with E-state index in [-0.39, 0.29) is 0 Å². The predicted octanol–water partition coefficient (Wildman–Crippen LogP) is 5.24. The molecule has 2 heteroatoms. The quantitative estimate of drug-likeness (QED) is 0.706. The molecule has 1 aromatic carbocycles. The van der Waals surface area contributed by atoms with Crippen LogP contribution >= 0.6 is 0 Å². The molecule has 0 amide bonds. The summed E-state index contributed by atoms with van der Waals surface area (Å²) in [6.45, 7) is 6.10. The van der Waals surface area contributed by atoms with Gasteiger partial charge in [0.1, 0.15) is 5.75 Å². The first-order valence-corrected chi connectivity index (χ1v) is 7.54. The molecule has 0 saturated heterocycles. The van der Waals surface area contributed by atoms with Gasteiger partial charge in [0.15, 0.2) is 0 Å². The Kier molecular flexibility index (Phi) is 5.35. The lowest BCUT2D eigenvalue weighted by Gasteiger charge is -2.07. The highest BCUT2D eigenvalue weighted by molar-refractivity contribution is 5.86. The molecule has 0 fully saturated rings. The van der Waals surface area contributed by atoms with E-state index in [2.05, 4.69) is 24.8 Å². The maximum Gasteiger partial charge on any atom is 0.121 e. The molecule has 0 atom stereocenters. The zero-order chi connectivity index (χ0) is 15.9. The van der Waals surface area contributed by atoms with Crippen LogP contribution in [0.5, 0.6) is 5.75 Å². The van der Waals surface area contributed by atoms with Gasteiger partial charge in [0.25, 0.3) is 0 Å². The van der Waals surface area contributed by atoms with Crippen LogP contribution < -0.4 is 4.74 Å². The molecule has 0 spiro atoms. The second kappa shape index (κ2) is 7.44. The number of fused-ring (bicyclic) bond motifs is 1. The summed E-state index contributed by atoms with van der Waals surface area (Å²) in [6, 6.07) is 8.08. The van der Waals surface area contributed by atoms with Crippen molar-refractivity contribution in [3.8, 4) is 5.75 Å². The highest BCUT2D eigenvalue weighted by atomic mass is 16.5. The third-order valence-corrected chi connectivity index (χ3v) is 3.32. The number of nitrogens with zero attached hydrogens (tertiary/aromatic N) is 1. The number of hydrogen-bond donors (Lipinski definition) is 0. The Balaban J connectivity index is 0.000000847. The van der Waals surface area contributed by atoms with Crippen molar-refractivity contribution in [2.24, 2.45) is 0 Å². The Hall–Kier alpha value is -2.57. The number of rotatable bonds is 2. The first-order chi connectivity index (χ1) is 10.8. The maximum atomic E-state index is 5.27. The van der Waals surface area contributed by atoms with Gasteiger partial charge in [-0.2, -0.15) is 0 Å². The molecule has 1 aromatic heterocycles. The van der Waals surface area contributed by atoms with Crippen LogP contribution in [0.4, 0.5) is 0 Å². The molecule has 3 rings (SSSR count). The second-order valence-electron chi connectivity index (χ2n) is 4.68. The molecule has 1 aliphatic rings. The molecule has 0 N–H and O–H groups in total. The van der Waals surface area contributed by atoms with E-state index in [1.165, 1.54) is 5.56 Å². The van der Waals surface area contributed by atoms with Gasteiger partial charge in [-0.15, -0.1) is 5.73 Å². The Morgan fingerprint density at radius 3 is 2.64 bits per heavy atom. The number of hydrogen-bond acceptors (Lipinski definition) is 2. The third kappa shape index (κ3) is 3.36. The zero-order valence-corrected chi connectivity index (χ0v) is 13.6. The summed E-state index contributed by atoms with van der Waals surface area (Å²) in [7, 11) is 1.67. The van der Waals surface area contributed by atoms with Gasteiger partial charge in [0.05, 0.1) is 18.3 Å². The van der Waals surface area contributed by atoms with Gasteiger partial charge < -0.3 is 4.74 Å². The van der Waals surface area contributed by atoms with Crippen LogP contribution in [0.25, 0.3) is 16.5 Å². The zero-order valence-electron chi connectivity index (χ0n) is 13.6. The Morgan fingerprint density at radius 1 is 1.05 bits per heavy atom. The highest BCUT2D eigenvalue weighted by Crippen LogP contribution is 2.25. The molecule has 22 heavy (non-hydrogen) atoms. The highest BCUT2D eigenvalue weighted by Gasteiger charge is 2.06. The van der Waals surface area contributed by atoms with Gasteiger partial charge in [-0.25, -0.2) is 4.98 Å². The number of benzene rings is 1. The van der Waals surface area contributed by atoms with Gasteiger partial charge in [-0.3, -0.25) is 0 Å². The van der Waals surface area contributed by atoms with E-state index in [4.69, 9.17) is 9.72 Å². The fourth-order valence-electron chi connectivity index (χ4n) is 2.26. The van der Waals surface area contributed by atoms with Crippen LogP contribution in [0.2, 0.25) is 0 Å².